The van der Waals surface area contributed by atoms with Gasteiger partial charge in [-0.1, -0.05) is 12.1 Å². The number of hydrogen-bond acceptors (Lipinski definition) is 4. The van der Waals surface area contributed by atoms with Gasteiger partial charge in [-0.3, -0.25) is 0 Å². The zero-order chi connectivity index (χ0) is 19.0. The van der Waals surface area contributed by atoms with Crippen molar-refractivity contribution in [1.82, 2.24) is 14.3 Å². The Morgan fingerprint density at radius 1 is 1.22 bits per heavy atom. The second-order valence-corrected chi connectivity index (χ2v) is 9.28. The molecule has 0 spiro atoms. The number of H-pyrrole nitrogens is 1. The number of fused-ring (bicyclic) bond motifs is 1. The van der Waals surface area contributed by atoms with Crippen LogP contribution in [0.4, 0.5) is 5.82 Å². The fourth-order valence-electron chi connectivity index (χ4n) is 3.88. The van der Waals surface area contributed by atoms with Crippen LogP contribution in [0.15, 0.2) is 42.6 Å². The lowest BCUT2D eigenvalue weighted by molar-refractivity contribution is 0.321. The molecule has 27 heavy (non-hydrogen) atoms. The number of hydrogen-bond donors (Lipinski definition) is 2. The molecule has 0 aliphatic carbocycles. The molecule has 2 aromatic heterocycles. The minimum Gasteiger partial charge on any atom is -0.384 e. The van der Waals surface area contributed by atoms with Gasteiger partial charge in [-0.05, 0) is 55.5 Å². The topological polar surface area (TPSA) is 92.1 Å². The van der Waals surface area contributed by atoms with Gasteiger partial charge in [-0.25, -0.2) is 17.7 Å². The lowest BCUT2D eigenvalue weighted by Crippen LogP contribution is -2.38. The van der Waals surface area contributed by atoms with Gasteiger partial charge in [-0.15, -0.1) is 0 Å². The lowest BCUT2D eigenvalue weighted by atomic mass is 9.89. The number of rotatable bonds is 4. The fraction of sp³-hybridized carbons (Fsp3) is 0.350. The molecule has 4 rings (SSSR count). The number of nitrogens with zero attached hydrogens (tertiary/aromatic N) is 2. The number of piperidine rings is 1. The van der Waals surface area contributed by atoms with Crippen LogP contribution in [0.1, 0.15) is 31.2 Å². The van der Waals surface area contributed by atoms with Crippen molar-refractivity contribution in [2.45, 2.75) is 25.7 Å². The molecule has 3 N–H and O–H groups in total. The first kappa shape index (κ1) is 18.0. The lowest BCUT2D eigenvalue weighted by Gasteiger charge is -2.30. The molecule has 0 bridgehead atoms. The SMILES string of the molecule is CCS(=O)(=O)N1CCC(c2c[nH]c3ccc(-c4cccc(N)n4)cc23)CC1. The first-order valence-corrected chi connectivity index (χ1v) is 10.9. The average molecular weight is 385 g/mol. The van der Waals surface area contributed by atoms with E-state index in [1.54, 1.807) is 17.3 Å². The monoisotopic (exact) mass is 384 g/mol. The molecule has 0 radical (unpaired) electrons. The smallest absolute Gasteiger partial charge is 0.213 e. The zero-order valence-corrected chi connectivity index (χ0v) is 16.2. The Bertz CT molecular complexity index is 1070. The highest BCUT2D eigenvalue weighted by molar-refractivity contribution is 7.89. The third-order valence-corrected chi connectivity index (χ3v) is 7.31. The Labute approximate surface area is 159 Å². The van der Waals surface area contributed by atoms with Crippen molar-refractivity contribution in [3.8, 4) is 11.3 Å². The number of nitrogens with one attached hydrogen (secondary N) is 1. The minimum atomic E-state index is -3.10. The Morgan fingerprint density at radius 3 is 2.70 bits per heavy atom. The van der Waals surface area contributed by atoms with E-state index in [0.29, 0.717) is 24.8 Å². The second-order valence-electron chi connectivity index (χ2n) is 7.03. The number of aromatic amines is 1. The third-order valence-electron chi connectivity index (χ3n) is 5.43. The molecular weight excluding hydrogens is 360 g/mol. The molecule has 1 saturated heterocycles. The normalized spacial score (nSPS) is 16.8. The maximum atomic E-state index is 12.1. The van der Waals surface area contributed by atoms with Gasteiger partial charge in [0.05, 0.1) is 11.4 Å². The van der Waals surface area contributed by atoms with Crippen LogP contribution < -0.4 is 5.73 Å². The van der Waals surface area contributed by atoms with Gasteiger partial charge in [-0.2, -0.15) is 0 Å². The Hall–Kier alpha value is -2.38. The quantitative estimate of drug-likeness (QED) is 0.721. The van der Waals surface area contributed by atoms with Crippen molar-refractivity contribution in [2.75, 3.05) is 24.6 Å². The van der Waals surface area contributed by atoms with Crippen molar-refractivity contribution < 1.29 is 8.42 Å². The predicted octanol–water partition coefficient (Wildman–Crippen LogP) is 3.34. The molecule has 0 saturated carbocycles. The summed E-state index contributed by atoms with van der Waals surface area (Å²) in [5.74, 6) is 1.03. The van der Waals surface area contributed by atoms with Crippen molar-refractivity contribution in [3.63, 3.8) is 0 Å². The zero-order valence-electron chi connectivity index (χ0n) is 15.4. The largest absolute Gasteiger partial charge is 0.384 e. The number of anilines is 1. The van der Waals surface area contributed by atoms with Crippen LogP contribution >= 0.6 is 0 Å². The molecule has 0 atom stereocenters. The summed E-state index contributed by atoms with van der Waals surface area (Å²) in [4.78, 5) is 7.77. The summed E-state index contributed by atoms with van der Waals surface area (Å²) in [5.41, 5.74) is 10.0. The Morgan fingerprint density at radius 2 is 2.00 bits per heavy atom. The molecule has 3 heterocycles. The summed E-state index contributed by atoms with van der Waals surface area (Å²) in [6.07, 6.45) is 3.75. The molecule has 6 nitrogen and oxygen atoms in total. The summed E-state index contributed by atoms with van der Waals surface area (Å²) in [6.45, 7) is 2.88. The van der Waals surface area contributed by atoms with Gasteiger partial charge in [0.2, 0.25) is 10.0 Å². The van der Waals surface area contributed by atoms with E-state index in [1.807, 2.05) is 18.2 Å². The summed E-state index contributed by atoms with van der Waals surface area (Å²) in [5, 5.41) is 1.17. The average Bonchev–Trinajstić information content (AvgIpc) is 3.11. The Balaban J connectivity index is 1.63. The number of sulfonamides is 1. The number of pyridine rings is 1. The maximum absolute atomic E-state index is 12.1. The van der Waals surface area contributed by atoms with Crippen LogP contribution in [0.25, 0.3) is 22.2 Å². The molecular formula is C20H24N4O2S. The van der Waals surface area contributed by atoms with Crippen molar-refractivity contribution >= 4 is 26.7 Å². The van der Waals surface area contributed by atoms with Gasteiger partial charge in [0.1, 0.15) is 5.82 Å². The van der Waals surface area contributed by atoms with Gasteiger partial charge >= 0.3 is 0 Å². The summed E-state index contributed by atoms with van der Waals surface area (Å²) < 4.78 is 25.8. The van der Waals surface area contributed by atoms with Crippen molar-refractivity contribution in [1.29, 1.82) is 0 Å². The maximum Gasteiger partial charge on any atom is 0.213 e. The van der Waals surface area contributed by atoms with E-state index >= 15 is 0 Å². The van der Waals surface area contributed by atoms with Crippen molar-refractivity contribution in [3.05, 3.63) is 48.2 Å². The van der Waals surface area contributed by atoms with Crippen LogP contribution in [0.2, 0.25) is 0 Å². The van der Waals surface area contributed by atoms with E-state index < -0.39 is 10.0 Å². The minimum absolute atomic E-state index is 0.168. The second kappa shape index (κ2) is 6.98. The summed E-state index contributed by atoms with van der Waals surface area (Å²) in [6, 6.07) is 11.9. The first-order chi connectivity index (χ1) is 13.0. The molecule has 1 fully saturated rings. The van der Waals surface area contributed by atoms with Crippen LogP contribution in [0, 0.1) is 0 Å². The molecule has 0 amide bonds. The third kappa shape index (κ3) is 3.44. The first-order valence-electron chi connectivity index (χ1n) is 9.29. The molecule has 1 aromatic carbocycles. The van der Waals surface area contributed by atoms with Crippen LogP contribution in [0.5, 0.6) is 0 Å². The van der Waals surface area contributed by atoms with Crippen LogP contribution in [-0.2, 0) is 10.0 Å². The predicted molar refractivity (Wildman–Crippen MR) is 109 cm³/mol. The molecule has 7 heteroatoms. The van der Waals surface area contributed by atoms with E-state index in [4.69, 9.17) is 5.73 Å². The molecule has 142 valence electrons. The molecule has 3 aromatic rings. The van der Waals surface area contributed by atoms with Gasteiger partial charge in [0.15, 0.2) is 0 Å². The standard InChI is InChI=1S/C20H24N4O2S/c1-2-27(25,26)24-10-8-14(9-11-24)17-13-22-19-7-6-15(12-16(17)19)18-4-3-5-20(21)23-18/h3-7,12-14,22H,2,8-11H2,1H3,(H2,21,23). The van der Waals surface area contributed by atoms with E-state index in [0.717, 1.165) is 29.6 Å². The van der Waals surface area contributed by atoms with Gasteiger partial charge in [0.25, 0.3) is 0 Å². The molecule has 0 unspecified atom stereocenters. The number of nitrogens with two attached hydrogens (primary N) is 1. The highest BCUT2D eigenvalue weighted by atomic mass is 32.2. The van der Waals surface area contributed by atoms with E-state index in [1.165, 1.54) is 10.9 Å². The summed E-state index contributed by atoms with van der Waals surface area (Å²) in [7, 11) is -3.10. The fourth-order valence-corrected chi connectivity index (χ4v) is 5.01. The molecule has 1 aliphatic heterocycles. The number of nitrogen functional groups attached to an aromatic ring is 1. The van der Waals surface area contributed by atoms with Crippen molar-refractivity contribution in [2.24, 2.45) is 0 Å². The Kier molecular flexibility index (Phi) is 4.65. The molecule has 1 aliphatic rings. The van der Waals surface area contributed by atoms with Crippen LogP contribution in [0.3, 0.4) is 0 Å². The van der Waals surface area contributed by atoms with E-state index in [2.05, 4.69) is 28.3 Å². The summed E-state index contributed by atoms with van der Waals surface area (Å²) >= 11 is 0. The van der Waals surface area contributed by atoms with Gasteiger partial charge in [0, 0.05) is 35.8 Å². The van der Waals surface area contributed by atoms with E-state index in [9.17, 15) is 8.42 Å². The highest BCUT2D eigenvalue weighted by Gasteiger charge is 2.28. The van der Waals surface area contributed by atoms with Gasteiger partial charge < -0.3 is 10.7 Å². The highest BCUT2D eigenvalue weighted by Crippen LogP contribution is 2.35. The number of aromatic nitrogens is 2. The number of benzene rings is 1. The van der Waals surface area contributed by atoms with E-state index in [-0.39, 0.29) is 5.75 Å². The van der Waals surface area contributed by atoms with Crippen LogP contribution in [-0.4, -0.2) is 41.5 Å².